The number of tetrazole rings is 1. The number of aromatic nitrogens is 5. The molecule has 33 heavy (non-hydrogen) atoms. The SMILES string of the molecule is Cc1ccc(-c2nn[nH]n2)c(C(=O)N2CCC[C@@H](C)[C@H]2CCc2ccc(C(F)(F)F)cn2)c1. The van der Waals surface area contributed by atoms with Crippen molar-refractivity contribution in [3.05, 3.63) is 58.9 Å². The van der Waals surface area contributed by atoms with Crippen molar-refractivity contribution in [3.8, 4) is 11.4 Å². The number of hydrogen-bond donors (Lipinski definition) is 1. The molecule has 7 nitrogen and oxygen atoms in total. The normalized spacial score (nSPS) is 19.0. The Bertz CT molecular complexity index is 1100. The van der Waals surface area contributed by atoms with Crippen LogP contribution in [0.4, 0.5) is 13.2 Å². The van der Waals surface area contributed by atoms with Crippen LogP contribution in [-0.4, -0.2) is 49.0 Å². The van der Waals surface area contributed by atoms with Gasteiger partial charge in [-0.05, 0) is 68.0 Å². The van der Waals surface area contributed by atoms with Crippen LogP contribution >= 0.6 is 0 Å². The van der Waals surface area contributed by atoms with Crippen molar-refractivity contribution >= 4 is 5.91 Å². The molecule has 10 heteroatoms. The first-order chi connectivity index (χ1) is 15.7. The topological polar surface area (TPSA) is 87.7 Å². The fraction of sp³-hybridized carbons (Fsp3) is 0.435. The second kappa shape index (κ2) is 9.29. The zero-order valence-corrected chi connectivity index (χ0v) is 18.4. The Morgan fingerprint density at radius 1 is 1.24 bits per heavy atom. The van der Waals surface area contributed by atoms with Crippen molar-refractivity contribution in [2.75, 3.05) is 6.54 Å². The van der Waals surface area contributed by atoms with Gasteiger partial charge in [0.05, 0.1) is 11.1 Å². The zero-order chi connectivity index (χ0) is 23.6. The monoisotopic (exact) mass is 458 g/mol. The van der Waals surface area contributed by atoms with Crippen LogP contribution in [0.3, 0.4) is 0 Å². The molecule has 1 aromatic carbocycles. The molecule has 0 radical (unpaired) electrons. The second-order valence-corrected chi connectivity index (χ2v) is 8.54. The molecule has 3 heterocycles. The Balaban J connectivity index is 1.55. The molecule has 0 unspecified atom stereocenters. The predicted octanol–water partition coefficient (Wildman–Crippen LogP) is 4.46. The van der Waals surface area contributed by atoms with E-state index >= 15 is 0 Å². The molecular weight excluding hydrogens is 433 g/mol. The number of amides is 1. The van der Waals surface area contributed by atoms with E-state index in [-0.39, 0.29) is 17.9 Å². The fourth-order valence-corrected chi connectivity index (χ4v) is 4.44. The van der Waals surface area contributed by atoms with E-state index in [0.717, 1.165) is 30.7 Å². The Kier molecular flexibility index (Phi) is 6.44. The summed E-state index contributed by atoms with van der Waals surface area (Å²) in [5.41, 5.74) is 1.89. The molecule has 0 spiro atoms. The minimum atomic E-state index is -4.41. The molecule has 1 N–H and O–H groups in total. The molecule has 1 aliphatic heterocycles. The van der Waals surface area contributed by atoms with Gasteiger partial charge in [0.25, 0.3) is 5.91 Å². The van der Waals surface area contributed by atoms with Crippen molar-refractivity contribution in [2.45, 2.75) is 51.7 Å². The number of H-pyrrole nitrogens is 1. The second-order valence-electron chi connectivity index (χ2n) is 8.54. The number of benzene rings is 1. The first-order valence-electron chi connectivity index (χ1n) is 10.9. The standard InChI is InChI=1S/C23H25F3N6O/c1-14-5-9-18(21-28-30-31-29-21)19(12-14)22(33)32-11-3-4-15(2)20(32)10-8-17-7-6-16(13-27-17)23(24,25)26/h5-7,9,12-13,15,20H,3-4,8,10-11H2,1-2H3,(H,28,29,30,31)/t15-,20-/m1/s1. The van der Waals surface area contributed by atoms with Crippen LogP contribution in [0.15, 0.2) is 36.5 Å². The molecule has 1 fully saturated rings. The minimum absolute atomic E-state index is 0.0472. The smallest absolute Gasteiger partial charge is 0.335 e. The number of aryl methyl sites for hydroxylation is 2. The lowest BCUT2D eigenvalue weighted by molar-refractivity contribution is -0.137. The lowest BCUT2D eigenvalue weighted by Gasteiger charge is -2.40. The number of piperidine rings is 1. The minimum Gasteiger partial charge on any atom is -0.335 e. The summed E-state index contributed by atoms with van der Waals surface area (Å²) in [6.45, 7) is 4.65. The van der Waals surface area contributed by atoms with Crippen LogP contribution in [0.5, 0.6) is 0 Å². The molecule has 4 rings (SSSR count). The third-order valence-electron chi connectivity index (χ3n) is 6.22. The quantitative estimate of drug-likeness (QED) is 0.610. The molecule has 1 aliphatic rings. The van der Waals surface area contributed by atoms with Crippen LogP contribution in [0.2, 0.25) is 0 Å². The fourth-order valence-electron chi connectivity index (χ4n) is 4.44. The van der Waals surface area contributed by atoms with E-state index in [4.69, 9.17) is 0 Å². The van der Waals surface area contributed by atoms with Crippen LogP contribution in [0.1, 0.15) is 53.4 Å². The van der Waals surface area contributed by atoms with Crippen molar-refractivity contribution in [2.24, 2.45) is 5.92 Å². The maximum absolute atomic E-state index is 13.7. The Hall–Kier alpha value is -3.30. The van der Waals surface area contributed by atoms with E-state index < -0.39 is 11.7 Å². The maximum atomic E-state index is 13.7. The third kappa shape index (κ3) is 5.04. The first kappa shape index (κ1) is 22.9. The average Bonchev–Trinajstić information content (AvgIpc) is 3.32. The van der Waals surface area contributed by atoms with Gasteiger partial charge in [0.2, 0.25) is 5.82 Å². The summed E-state index contributed by atoms with van der Waals surface area (Å²) in [6.07, 6.45) is -0.549. The van der Waals surface area contributed by atoms with Gasteiger partial charge in [0.1, 0.15) is 0 Å². The number of hydrogen-bond acceptors (Lipinski definition) is 5. The van der Waals surface area contributed by atoms with Gasteiger partial charge in [0, 0.05) is 30.0 Å². The van der Waals surface area contributed by atoms with Crippen LogP contribution in [-0.2, 0) is 12.6 Å². The number of carbonyl (C=O) groups excluding carboxylic acids is 1. The molecule has 174 valence electrons. The summed E-state index contributed by atoms with van der Waals surface area (Å²) in [6, 6.07) is 7.98. The molecule has 1 saturated heterocycles. The third-order valence-corrected chi connectivity index (χ3v) is 6.22. The van der Waals surface area contributed by atoms with Gasteiger partial charge in [0.15, 0.2) is 0 Å². The number of alkyl halides is 3. The summed E-state index contributed by atoms with van der Waals surface area (Å²) in [4.78, 5) is 19.6. The number of halogens is 3. The van der Waals surface area contributed by atoms with Gasteiger partial charge in [-0.25, -0.2) is 0 Å². The summed E-state index contributed by atoms with van der Waals surface area (Å²) >= 11 is 0. The number of pyridine rings is 1. The van der Waals surface area contributed by atoms with E-state index in [1.807, 2.05) is 30.0 Å². The molecule has 1 amide bonds. The summed E-state index contributed by atoms with van der Waals surface area (Å²) in [7, 11) is 0. The molecule has 3 aromatic rings. The largest absolute Gasteiger partial charge is 0.417 e. The van der Waals surface area contributed by atoms with E-state index in [1.165, 1.54) is 6.07 Å². The van der Waals surface area contributed by atoms with E-state index in [1.54, 1.807) is 0 Å². The number of nitrogens with one attached hydrogen (secondary N) is 1. The van der Waals surface area contributed by atoms with Crippen LogP contribution in [0.25, 0.3) is 11.4 Å². The molecule has 0 aliphatic carbocycles. The molecule has 2 aromatic heterocycles. The van der Waals surface area contributed by atoms with Gasteiger partial charge >= 0.3 is 6.18 Å². The Morgan fingerprint density at radius 2 is 2.06 bits per heavy atom. The number of likely N-dealkylation sites (tertiary alicyclic amines) is 1. The number of carbonyl (C=O) groups is 1. The van der Waals surface area contributed by atoms with Gasteiger partial charge < -0.3 is 4.90 Å². The van der Waals surface area contributed by atoms with E-state index in [0.29, 0.717) is 42.0 Å². The maximum Gasteiger partial charge on any atom is 0.417 e. The van der Waals surface area contributed by atoms with Crippen molar-refractivity contribution in [3.63, 3.8) is 0 Å². The predicted molar refractivity (Wildman–Crippen MR) is 115 cm³/mol. The highest BCUT2D eigenvalue weighted by Crippen LogP contribution is 2.31. The van der Waals surface area contributed by atoms with Gasteiger partial charge in [-0.1, -0.05) is 18.6 Å². The van der Waals surface area contributed by atoms with Gasteiger partial charge in [-0.2, -0.15) is 18.4 Å². The highest BCUT2D eigenvalue weighted by molar-refractivity contribution is 6.00. The van der Waals surface area contributed by atoms with Gasteiger partial charge in [-0.15, -0.1) is 10.2 Å². The van der Waals surface area contributed by atoms with Crippen LogP contribution < -0.4 is 0 Å². The molecule has 2 atom stereocenters. The first-order valence-corrected chi connectivity index (χ1v) is 10.9. The van der Waals surface area contributed by atoms with E-state index in [2.05, 4.69) is 32.5 Å². The molecule has 0 bridgehead atoms. The van der Waals surface area contributed by atoms with Gasteiger partial charge in [-0.3, -0.25) is 9.78 Å². The van der Waals surface area contributed by atoms with E-state index in [9.17, 15) is 18.0 Å². The Labute approximate surface area is 189 Å². The molecule has 0 saturated carbocycles. The Morgan fingerprint density at radius 3 is 2.73 bits per heavy atom. The summed E-state index contributed by atoms with van der Waals surface area (Å²) in [5, 5.41) is 14.1. The highest BCUT2D eigenvalue weighted by atomic mass is 19.4. The van der Waals surface area contributed by atoms with Crippen molar-refractivity contribution in [1.82, 2.24) is 30.5 Å². The molecular formula is C23H25F3N6O. The highest BCUT2D eigenvalue weighted by Gasteiger charge is 2.34. The van der Waals surface area contributed by atoms with Crippen LogP contribution in [0, 0.1) is 12.8 Å². The number of nitrogens with zero attached hydrogens (tertiary/aromatic N) is 5. The lowest BCUT2D eigenvalue weighted by Crippen LogP contribution is -2.48. The van der Waals surface area contributed by atoms with Crippen molar-refractivity contribution in [1.29, 1.82) is 0 Å². The summed E-state index contributed by atoms with van der Waals surface area (Å²) in [5.74, 6) is 0.514. The number of aromatic amines is 1. The van der Waals surface area contributed by atoms with Crippen molar-refractivity contribution < 1.29 is 18.0 Å². The lowest BCUT2D eigenvalue weighted by atomic mass is 9.86. The average molecular weight is 458 g/mol. The number of rotatable bonds is 5. The zero-order valence-electron chi connectivity index (χ0n) is 18.4. The summed E-state index contributed by atoms with van der Waals surface area (Å²) < 4.78 is 38.4.